The summed E-state index contributed by atoms with van der Waals surface area (Å²) < 4.78 is 4.50. The molecule has 0 aliphatic carbocycles. The Hall–Kier alpha value is -1.79. The van der Waals surface area contributed by atoms with Crippen LogP contribution < -0.4 is 5.32 Å². The lowest BCUT2D eigenvalue weighted by Crippen LogP contribution is -2.49. The summed E-state index contributed by atoms with van der Waals surface area (Å²) in [6, 6.07) is -1.57. The fourth-order valence-corrected chi connectivity index (χ4v) is 2.06. The Balaban J connectivity index is 2.59. The quantitative estimate of drug-likeness (QED) is 0.697. The fourth-order valence-electron chi connectivity index (χ4n) is 2.06. The van der Waals surface area contributed by atoms with Crippen molar-refractivity contribution in [3.05, 3.63) is 0 Å². The van der Waals surface area contributed by atoms with Crippen LogP contribution in [0.25, 0.3) is 0 Å². The minimum Gasteiger partial charge on any atom is -0.481 e. The molecule has 1 aliphatic heterocycles. The summed E-state index contributed by atoms with van der Waals surface area (Å²) >= 11 is 0. The summed E-state index contributed by atoms with van der Waals surface area (Å²) in [6.45, 7) is 3.57. The number of ether oxygens (including phenoxy) is 1. The van der Waals surface area contributed by atoms with Crippen LogP contribution in [-0.2, 0) is 14.3 Å². The SMILES string of the molecule is COC(=O)C(C)NC(=O)N1CCC(C(=O)O)C1C. The van der Waals surface area contributed by atoms with Gasteiger partial charge in [0, 0.05) is 12.6 Å². The van der Waals surface area contributed by atoms with E-state index in [-0.39, 0.29) is 6.04 Å². The summed E-state index contributed by atoms with van der Waals surface area (Å²) in [5.74, 6) is -1.99. The van der Waals surface area contributed by atoms with Gasteiger partial charge in [-0.2, -0.15) is 0 Å². The van der Waals surface area contributed by atoms with E-state index in [0.717, 1.165) is 0 Å². The van der Waals surface area contributed by atoms with E-state index in [1.807, 2.05) is 0 Å². The molecule has 1 aliphatic rings. The summed E-state index contributed by atoms with van der Waals surface area (Å²) in [6.07, 6.45) is 0.427. The minimum atomic E-state index is -0.904. The summed E-state index contributed by atoms with van der Waals surface area (Å²) in [5.41, 5.74) is 0. The van der Waals surface area contributed by atoms with E-state index in [4.69, 9.17) is 5.11 Å². The molecule has 3 atom stereocenters. The lowest BCUT2D eigenvalue weighted by molar-refractivity contribution is -0.143. The molecule has 0 spiro atoms. The number of nitrogens with one attached hydrogen (secondary N) is 1. The van der Waals surface area contributed by atoms with Gasteiger partial charge in [-0.3, -0.25) is 4.79 Å². The van der Waals surface area contributed by atoms with Crippen LogP contribution in [0.2, 0.25) is 0 Å². The molecular formula is C11H18N2O5. The first-order valence-electron chi connectivity index (χ1n) is 5.76. The van der Waals surface area contributed by atoms with Crippen LogP contribution in [0.5, 0.6) is 0 Å². The van der Waals surface area contributed by atoms with E-state index in [1.165, 1.54) is 18.9 Å². The highest BCUT2D eigenvalue weighted by Crippen LogP contribution is 2.24. The molecule has 7 nitrogen and oxygen atoms in total. The number of carbonyl (C=O) groups is 3. The van der Waals surface area contributed by atoms with Gasteiger partial charge < -0.3 is 20.1 Å². The molecule has 0 aromatic heterocycles. The smallest absolute Gasteiger partial charge is 0.328 e. The highest BCUT2D eigenvalue weighted by Gasteiger charge is 2.38. The molecule has 1 fully saturated rings. The second-order valence-corrected chi connectivity index (χ2v) is 4.36. The number of hydrogen-bond donors (Lipinski definition) is 2. The van der Waals surface area contributed by atoms with Crippen molar-refractivity contribution in [2.45, 2.75) is 32.4 Å². The fraction of sp³-hybridized carbons (Fsp3) is 0.727. The Morgan fingerprint density at radius 3 is 2.50 bits per heavy atom. The molecule has 2 N–H and O–H groups in total. The van der Waals surface area contributed by atoms with Gasteiger partial charge in [0.15, 0.2) is 0 Å². The Morgan fingerprint density at radius 1 is 1.44 bits per heavy atom. The van der Waals surface area contributed by atoms with Crippen molar-refractivity contribution in [1.29, 1.82) is 0 Å². The highest BCUT2D eigenvalue weighted by molar-refractivity contribution is 5.84. The predicted molar refractivity (Wildman–Crippen MR) is 61.9 cm³/mol. The van der Waals surface area contributed by atoms with Crippen molar-refractivity contribution in [1.82, 2.24) is 10.2 Å². The van der Waals surface area contributed by atoms with Gasteiger partial charge >= 0.3 is 18.0 Å². The molecule has 1 rings (SSSR count). The lowest BCUT2D eigenvalue weighted by atomic mass is 10.0. The number of urea groups is 1. The topological polar surface area (TPSA) is 95.9 Å². The van der Waals surface area contributed by atoms with Crippen LogP contribution in [0.3, 0.4) is 0 Å². The van der Waals surface area contributed by atoms with Gasteiger partial charge in [-0.05, 0) is 20.3 Å². The number of esters is 1. The van der Waals surface area contributed by atoms with Crippen molar-refractivity contribution in [2.24, 2.45) is 5.92 Å². The normalized spacial score (nSPS) is 24.5. The van der Waals surface area contributed by atoms with Crippen LogP contribution in [0.1, 0.15) is 20.3 Å². The van der Waals surface area contributed by atoms with Crippen LogP contribution in [-0.4, -0.2) is 53.7 Å². The third-order valence-electron chi connectivity index (χ3n) is 3.23. The maximum atomic E-state index is 11.9. The molecule has 18 heavy (non-hydrogen) atoms. The molecule has 0 radical (unpaired) electrons. The van der Waals surface area contributed by atoms with E-state index in [9.17, 15) is 14.4 Å². The van der Waals surface area contributed by atoms with E-state index in [1.54, 1.807) is 6.92 Å². The number of methoxy groups -OCH3 is 1. The zero-order chi connectivity index (χ0) is 13.9. The Kier molecular flexibility index (Phi) is 4.52. The van der Waals surface area contributed by atoms with Crippen molar-refractivity contribution in [3.8, 4) is 0 Å². The number of amides is 2. The number of hydrogen-bond acceptors (Lipinski definition) is 4. The number of rotatable bonds is 3. The monoisotopic (exact) mass is 258 g/mol. The van der Waals surface area contributed by atoms with Gasteiger partial charge in [0.2, 0.25) is 0 Å². The molecular weight excluding hydrogens is 240 g/mol. The molecule has 0 aromatic carbocycles. The minimum absolute atomic E-state index is 0.373. The zero-order valence-corrected chi connectivity index (χ0v) is 10.7. The predicted octanol–water partition coefficient (Wildman–Crippen LogP) is 0.0525. The molecule has 0 bridgehead atoms. The lowest BCUT2D eigenvalue weighted by Gasteiger charge is -2.25. The number of aliphatic carboxylic acids is 1. The second kappa shape index (κ2) is 5.70. The van der Waals surface area contributed by atoms with Gasteiger partial charge in [-0.15, -0.1) is 0 Å². The number of carbonyl (C=O) groups excluding carboxylic acids is 2. The average Bonchev–Trinajstić information content (AvgIpc) is 2.69. The molecule has 2 amide bonds. The van der Waals surface area contributed by atoms with E-state index in [2.05, 4.69) is 10.1 Å². The first-order valence-corrected chi connectivity index (χ1v) is 5.76. The maximum Gasteiger partial charge on any atom is 0.328 e. The molecule has 102 valence electrons. The number of likely N-dealkylation sites (tertiary alicyclic amines) is 1. The molecule has 1 saturated heterocycles. The van der Waals surface area contributed by atoms with Crippen molar-refractivity contribution < 1.29 is 24.2 Å². The van der Waals surface area contributed by atoms with Crippen LogP contribution in [0, 0.1) is 5.92 Å². The number of carboxylic acid groups (broad SMARTS) is 1. The Labute approximate surface area is 105 Å². The highest BCUT2D eigenvalue weighted by atomic mass is 16.5. The zero-order valence-electron chi connectivity index (χ0n) is 10.7. The first kappa shape index (κ1) is 14.3. The van der Waals surface area contributed by atoms with Gasteiger partial charge in [-0.25, -0.2) is 9.59 Å². The van der Waals surface area contributed by atoms with Gasteiger partial charge in [-0.1, -0.05) is 0 Å². The Bertz CT molecular complexity index is 357. The van der Waals surface area contributed by atoms with Crippen LogP contribution >= 0.6 is 0 Å². The molecule has 0 saturated carbocycles. The Morgan fingerprint density at radius 2 is 2.06 bits per heavy atom. The molecule has 0 aromatic rings. The molecule has 1 heterocycles. The number of nitrogens with zero attached hydrogens (tertiary/aromatic N) is 1. The third kappa shape index (κ3) is 2.91. The summed E-state index contributed by atoms with van der Waals surface area (Å²) in [7, 11) is 1.24. The van der Waals surface area contributed by atoms with E-state index < -0.39 is 29.9 Å². The van der Waals surface area contributed by atoms with Gasteiger partial charge in [0.05, 0.1) is 13.0 Å². The maximum absolute atomic E-state index is 11.9. The molecule has 3 unspecified atom stereocenters. The van der Waals surface area contributed by atoms with Gasteiger partial charge in [0.25, 0.3) is 0 Å². The average molecular weight is 258 g/mol. The summed E-state index contributed by atoms with van der Waals surface area (Å²) in [4.78, 5) is 35.4. The summed E-state index contributed by atoms with van der Waals surface area (Å²) in [5, 5.41) is 11.4. The van der Waals surface area contributed by atoms with E-state index in [0.29, 0.717) is 13.0 Å². The van der Waals surface area contributed by atoms with E-state index >= 15 is 0 Å². The molecule has 7 heteroatoms. The van der Waals surface area contributed by atoms with Crippen LogP contribution in [0.4, 0.5) is 4.79 Å². The first-order chi connectivity index (χ1) is 8.38. The van der Waals surface area contributed by atoms with Crippen molar-refractivity contribution in [3.63, 3.8) is 0 Å². The van der Waals surface area contributed by atoms with Crippen LogP contribution in [0.15, 0.2) is 0 Å². The number of carboxylic acids is 1. The van der Waals surface area contributed by atoms with Gasteiger partial charge in [0.1, 0.15) is 6.04 Å². The van der Waals surface area contributed by atoms with Crippen molar-refractivity contribution >= 4 is 18.0 Å². The third-order valence-corrected chi connectivity index (χ3v) is 3.23. The standard InChI is InChI=1S/C11H18N2O5/c1-6(10(16)18-3)12-11(17)13-5-4-8(7(13)2)9(14)15/h6-8H,4-5H2,1-3H3,(H,12,17)(H,14,15). The largest absolute Gasteiger partial charge is 0.481 e. The van der Waals surface area contributed by atoms with Crippen molar-refractivity contribution in [2.75, 3.05) is 13.7 Å². The second-order valence-electron chi connectivity index (χ2n) is 4.36.